The Kier molecular flexibility index (Phi) is 3.81. The molecule has 1 aliphatic rings. The van der Waals surface area contributed by atoms with Crippen molar-refractivity contribution in [2.24, 2.45) is 7.05 Å². The molecule has 0 bridgehead atoms. The Hall–Kier alpha value is -1.54. The summed E-state index contributed by atoms with van der Waals surface area (Å²) in [6.07, 6.45) is 9.26. The molecule has 4 rings (SSSR count). The van der Waals surface area contributed by atoms with Gasteiger partial charge in [-0.2, -0.15) is 26.5 Å². The molecule has 0 amide bonds. The summed E-state index contributed by atoms with van der Waals surface area (Å²) in [6.45, 7) is 0. The molecule has 1 fully saturated rings. The third-order valence-electron chi connectivity index (χ3n) is 4.15. The van der Waals surface area contributed by atoms with Gasteiger partial charge in [0, 0.05) is 29.6 Å². The molecule has 1 saturated heterocycles. The number of anilines is 1. The van der Waals surface area contributed by atoms with Crippen molar-refractivity contribution < 1.29 is 0 Å². The Labute approximate surface area is 146 Å². The number of fused-ring (bicyclic) bond motifs is 1. The number of hydrogen-bond acceptors (Lipinski definition) is 5. The fraction of sp³-hybridized carbons (Fsp3) is 0.400. The average molecular weight is 393 g/mol. The van der Waals surface area contributed by atoms with Crippen LogP contribution in [-0.4, -0.2) is 30.1 Å². The third-order valence-corrected chi connectivity index (χ3v) is 6.35. The lowest BCUT2D eigenvalue weighted by Crippen LogP contribution is -2.10. The predicted molar refractivity (Wildman–Crippen MR) is 96.4 cm³/mol. The number of nitrogens with two attached hydrogens (primary N) is 1. The summed E-state index contributed by atoms with van der Waals surface area (Å²) < 4.78 is 4.34. The van der Waals surface area contributed by atoms with E-state index in [2.05, 4.69) is 26.1 Å². The van der Waals surface area contributed by atoms with Gasteiger partial charge in [-0.1, -0.05) is 6.42 Å². The molecule has 0 aromatic carbocycles. The van der Waals surface area contributed by atoms with E-state index in [9.17, 15) is 0 Å². The molecule has 0 radical (unpaired) electrons. The third kappa shape index (κ3) is 2.53. The first-order valence-electron chi connectivity index (χ1n) is 7.58. The minimum Gasteiger partial charge on any atom is -0.383 e. The molecule has 3 aromatic heterocycles. The molecule has 120 valence electrons. The smallest absolute Gasteiger partial charge is 0.165 e. The number of aromatic nitrogens is 5. The van der Waals surface area contributed by atoms with Gasteiger partial charge in [-0.05, 0) is 34.5 Å². The summed E-state index contributed by atoms with van der Waals surface area (Å²) in [5.74, 6) is 1.78. The van der Waals surface area contributed by atoms with Gasteiger partial charge in [-0.15, -0.1) is 0 Å². The zero-order valence-electron chi connectivity index (χ0n) is 12.7. The van der Waals surface area contributed by atoms with Crippen molar-refractivity contribution in [2.45, 2.75) is 24.5 Å². The lowest BCUT2D eigenvalue weighted by molar-refractivity contribution is 0.673. The predicted octanol–water partition coefficient (Wildman–Crippen LogP) is 3.43. The maximum atomic E-state index is 6.31. The Morgan fingerprint density at radius 2 is 2.17 bits per heavy atom. The normalized spacial score (nSPS) is 18.6. The first-order chi connectivity index (χ1) is 11.1. The van der Waals surface area contributed by atoms with E-state index in [1.54, 1.807) is 15.4 Å². The van der Waals surface area contributed by atoms with E-state index in [1.807, 2.05) is 31.2 Å². The summed E-state index contributed by atoms with van der Waals surface area (Å²) in [6, 6.07) is 0. The van der Waals surface area contributed by atoms with Crippen LogP contribution in [0.15, 0.2) is 23.1 Å². The maximum Gasteiger partial charge on any atom is 0.165 e. The zero-order chi connectivity index (χ0) is 16.0. The van der Waals surface area contributed by atoms with Crippen molar-refractivity contribution in [1.82, 2.24) is 24.4 Å². The SMILES string of the molecule is Cn1cc(-c2cnn3c(N)c(Br)c(C4CCCCS4)nc23)cn1. The summed E-state index contributed by atoms with van der Waals surface area (Å²) in [5, 5.41) is 9.04. The average Bonchev–Trinajstić information content (AvgIpc) is 3.17. The van der Waals surface area contributed by atoms with Crippen LogP contribution in [0.5, 0.6) is 0 Å². The molecule has 6 nitrogen and oxygen atoms in total. The van der Waals surface area contributed by atoms with E-state index in [0.29, 0.717) is 11.1 Å². The second-order valence-corrected chi connectivity index (χ2v) is 7.85. The lowest BCUT2D eigenvalue weighted by Gasteiger charge is -2.22. The van der Waals surface area contributed by atoms with Crippen molar-refractivity contribution in [2.75, 3.05) is 11.5 Å². The molecular weight excluding hydrogens is 376 g/mol. The molecule has 1 aliphatic heterocycles. The minimum atomic E-state index is 0.391. The number of rotatable bonds is 2. The van der Waals surface area contributed by atoms with Gasteiger partial charge in [-0.3, -0.25) is 4.68 Å². The van der Waals surface area contributed by atoms with Gasteiger partial charge >= 0.3 is 0 Å². The van der Waals surface area contributed by atoms with Gasteiger partial charge in [0.05, 0.1) is 22.6 Å². The molecule has 0 spiro atoms. The molecule has 2 N–H and O–H groups in total. The second kappa shape index (κ2) is 5.83. The molecule has 8 heteroatoms. The Morgan fingerprint density at radius 1 is 1.30 bits per heavy atom. The van der Waals surface area contributed by atoms with Crippen molar-refractivity contribution in [1.29, 1.82) is 0 Å². The molecule has 0 aliphatic carbocycles. The Bertz CT molecular complexity index is 864. The number of aryl methyl sites for hydroxylation is 1. The molecule has 4 heterocycles. The summed E-state index contributed by atoms with van der Waals surface area (Å²) >= 11 is 5.59. The highest BCUT2D eigenvalue weighted by molar-refractivity contribution is 9.10. The van der Waals surface area contributed by atoms with Crippen LogP contribution in [0.4, 0.5) is 5.82 Å². The number of hydrogen-bond donors (Lipinski definition) is 1. The lowest BCUT2D eigenvalue weighted by atomic mass is 10.1. The van der Waals surface area contributed by atoms with E-state index in [-0.39, 0.29) is 0 Å². The monoisotopic (exact) mass is 392 g/mol. The van der Waals surface area contributed by atoms with E-state index in [4.69, 9.17) is 10.7 Å². The van der Waals surface area contributed by atoms with Gasteiger partial charge in [0.2, 0.25) is 0 Å². The van der Waals surface area contributed by atoms with Crippen LogP contribution in [0.1, 0.15) is 30.2 Å². The molecule has 23 heavy (non-hydrogen) atoms. The highest BCUT2D eigenvalue weighted by Gasteiger charge is 2.24. The fourth-order valence-corrected chi connectivity index (χ4v) is 4.95. The number of halogens is 1. The van der Waals surface area contributed by atoms with Crippen LogP contribution in [0, 0.1) is 0 Å². The van der Waals surface area contributed by atoms with E-state index in [0.717, 1.165) is 33.4 Å². The van der Waals surface area contributed by atoms with Crippen LogP contribution in [0.25, 0.3) is 16.8 Å². The van der Waals surface area contributed by atoms with Gasteiger partial charge < -0.3 is 5.73 Å². The molecule has 1 unspecified atom stereocenters. The van der Waals surface area contributed by atoms with E-state index < -0.39 is 0 Å². The number of thioether (sulfide) groups is 1. The Morgan fingerprint density at radius 3 is 2.87 bits per heavy atom. The first kappa shape index (κ1) is 15.0. The second-order valence-electron chi connectivity index (χ2n) is 5.75. The van der Waals surface area contributed by atoms with Crippen molar-refractivity contribution in [3.8, 4) is 11.1 Å². The van der Waals surface area contributed by atoms with E-state index >= 15 is 0 Å². The highest BCUT2D eigenvalue weighted by Crippen LogP contribution is 2.42. The summed E-state index contributed by atoms with van der Waals surface area (Å²) in [5.41, 5.74) is 10.1. The van der Waals surface area contributed by atoms with Crippen LogP contribution in [-0.2, 0) is 7.05 Å². The van der Waals surface area contributed by atoms with Crippen LogP contribution < -0.4 is 5.73 Å². The van der Waals surface area contributed by atoms with Gasteiger partial charge in [0.25, 0.3) is 0 Å². The Balaban J connectivity index is 1.89. The van der Waals surface area contributed by atoms with Crippen LogP contribution in [0.3, 0.4) is 0 Å². The largest absolute Gasteiger partial charge is 0.383 e. The topological polar surface area (TPSA) is 74.0 Å². The highest BCUT2D eigenvalue weighted by atomic mass is 79.9. The van der Waals surface area contributed by atoms with Crippen molar-refractivity contribution in [3.05, 3.63) is 28.8 Å². The zero-order valence-corrected chi connectivity index (χ0v) is 15.1. The fourth-order valence-electron chi connectivity index (χ4n) is 2.95. The first-order valence-corrected chi connectivity index (χ1v) is 9.42. The molecule has 0 saturated carbocycles. The van der Waals surface area contributed by atoms with E-state index in [1.165, 1.54) is 18.6 Å². The standard InChI is InChI=1S/C15H17BrN6S/c1-21-8-9(6-18-21)10-7-19-22-14(17)12(16)13(20-15(10)22)11-4-2-3-5-23-11/h6-8,11H,2-5,17H2,1H3. The van der Waals surface area contributed by atoms with Gasteiger partial charge in [0.15, 0.2) is 5.65 Å². The summed E-state index contributed by atoms with van der Waals surface area (Å²) in [7, 11) is 1.90. The van der Waals surface area contributed by atoms with Crippen LogP contribution >= 0.6 is 27.7 Å². The summed E-state index contributed by atoms with van der Waals surface area (Å²) in [4.78, 5) is 4.92. The van der Waals surface area contributed by atoms with Crippen LogP contribution in [0.2, 0.25) is 0 Å². The number of nitrogen functional groups attached to an aromatic ring is 1. The number of nitrogens with zero attached hydrogens (tertiary/aromatic N) is 5. The van der Waals surface area contributed by atoms with Crippen molar-refractivity contribution in [3.63, 3.8) is 0 Å². The maximum absolute atomic E-state index is 6.31. The molecule has 1 atom stereocenters. The molecule has 3 aromatic rings. The van der Waals surface area contributed by atoms with Gasteiger partial charge in [-0.25, -0.2) is 4.98 Å². The van der Waals surface area contributed by atoms with Gasteiger partial charge in [0.1, 0.15) is 5.82 Å². The quantitative estimate of drug-likeness (QED) is 0.722. The minimum absolute atomic E-state index is 0.391. The molecular formula is C15H17BrN6S. The van der Waals surface area contributed by atoms with Crippen molar-refractivity contribution >= 4 is 39.2 Å².